The summed E-state index contributed by atoms with van der Waals surface area (Å²) in [7, 11) is 0. The van der Waals surface area contributed by atoms with Crippen molar-refractivity contribution in [2.75, 3.05) is 0 Å². The molecule has 2 aromatic rings. The van der Waals surface area contributed by atoms with Crippen LogP contribution in [0.3, 0.4) is 0 Å². The minimum Gasteiger partial charge on any atom is -0.192 e. The third kappa shape index (κ3) is 2.60. The van der Waals surface area contributed by atoms with Crippen molar-refractivity contribution in [3.63, 3.8) is 0 Å². The second kappa shape index (κ2) is 5.92. The van der Waals surface area contributed by atoms with Crippen LogP contribution >= 0.6 is 0 Å². The lowest BCUT2D eigenvalue weighted by atomic mass is 9.80. The Morgan fingerprint density at radius 3 is 2.35 bits per heavy atom. The van der Waals surface area contributed by atoms with Crippen LogP contribution in [-0.4, -0.2) is 0 Å². The molecule has 0 radical (unpaired) electrons. The Balaban J connectivity index is 2.07. The third-order valence-electron chi connectivity index (χ3n) is 4.31. The van der Waals surface area contributed by atoms with E-state index >= 15 is 0 Å². The van der Waals surface area contributed by atoms with Gasteiger partial charge in [-0.25, -0.2) is 0 Å². The Labute approximate surface area is 120 Å². The first-order valence-corrected chi connectivity index (χ1v) is 7.48. The summed E-state index contributed by atoms with van der Waals surface area (Å²) in [4.78, 5) is 0. The maximum absolute atomic E-state index is 9.17. The number of nitriles is 1. The normalized spacial score (nSPS) is 15.8. The van der Waals surface area contributed by atoms with E-state index in [0.29, 0.717) is 5.92 Å². The van der Waals surface area contributed by atoms with Crippen LogP contribution in [0, 0.1) is 11.3 Å². The van der Waals surface area contributed by atoms with E-state index in [1.54, 1.807) is 0 Å². The highest BCUT2D eigenvalue weighted by Gasteiger charge is 2.19. The Bertz CT molecular complexity index is 616. The molecule has 0 saturated heterocycles. The molecule has 1 aliphatic carbocycles. The van der Waals surface area contributed by atoms with Gasteiger partial charge < -0.3 is 0 Å². The highest BCUT2D eigenvalue weighted by atomic mass is 14.3. The van der Waals surface area contributed by atoms with E-state index in [2.05, 4.69) is 42.5 Å². The van der Waals surface area contributed by atoms with Crippen LogP contribution in [0.2, 0.25) is 0 Å². The predicted molar refractivity (Wildman–Crippen MR) is 82.4 cm³/mol. The van der Waals surface area contributed by atoms with Gasteiger partial charge in [0.05, 0.1) is 11.6 Å². The monoisotopic (exact) mass is 261 g/mol. The first-order chi connectivity index (χ1) is 9.88. The quantitative estimate of drug-likeness (QED) is 0.722. The summed E-state index contributed by atoms with van der Waals surface area (Å²) >= 11 is 0. The molecule has 0 aromatic heterocycles. The molecule has 1 aliphatic rings. The molecular formula is C19H19N. The first kappa shape index (κ1) is 12.9. The van der Waals surface area contributed by atoms with E-state index < -0.39 is 0 Å². The van der Waals surface area contributed by atoms with Crippen molar-refractivity contribution in [1.29, 1.82) is 5.26 Å². The summed E-state index contributed by atoms with van der Waals surface area (Å²) in [6.45, 7) is 0. The summed E-state index contributed by atoms with van der Waals surface area (Å²) in [6.07, 6.45) is 6.50. The number of hydrogen-bond acceptors (Lipinski definition) is 1. The zero-order valence-electron chi connectivity index (χ0n) is 11.7. The fourth-order valence-electron chi connectivity index (χ4n) is 3.26. The molecule has 0 spiro atoms. The van der Waals surface area contributed by atoms with Crippen LogP contribution in [0.25, 0.3) is 11.1 Å². The smallest absolute Gasteiger partial charge is 0.0991 e. The Morgan fingerprint density at radius 2 is 1.65 bits per heavy atom. The predicted octanol–water partition coefficient (Wildman–Crippen LogP) is 5.27. The molecule has 2 aromatic carbocycles. The number of benzene rings is 2. The van der Waals surface area contributed by atoms with Gasteiger partial charge in [0.25, 0.3) is 0 Å². The van der Waals surface area contributed by atoms with Gasteiger partial charge in [-0.15, -0.1) is 0 Å². The van der Waals surface area contributed by atoms with E-state index in [4.69, 9.17) is 0 Å². The van der Waals surface area contributed by atoms with Crippen molar-refractivity contribution in [3.8, 4) is 17.2 Å². The highest BCUT2D eigenvalue weighted by molar-refractivity contribution is 5.69. The Morgan fingerprint density at radius 1 is 0.900 bits per heavy atom. The standard InChI is InChI=1S/C19H19N/c20-14-15-11-12-18(16-7-3-1-4-8-16)19(13-15)17-9-5-2-6-10-17/h1,3-4,7-8,11-13,17H,2,5-6,9-10H2. The SMILES string of the molecule is N#Cc1ccc(-c2ccccc2)c(C2CCCCC2)c1. The second-order valence-corrected chi connectivity index (χ2v) is 5.61. The van der Waals surface area contributed by atoms with Gasteiger partial charge in [0.15, 0.2) is 0 Å². The van der Waals surface area contributed by atoms with Crippen molar-refractivity contribution in [2.24, 2.45) is 0 Å². The second-order valence-electron chi connectivity index (χ2n) is 5.61. The lowest BCUT2D eigenvalue weighted by molar-refractivity contribution is 0.444. The minimum absolute atomic E-state index is 0.618. The van der Waals surface area contributed by atoms with Crippen LogP contribution < -0.4 is 0 Å². The molecular weight excluding hydrogens is 242 g/mol. The lowest BCUT2D eigenvalue weighted by Gasteiger charge is -2.24. The van der Waals surface area contributed by atoms with Crippen molar-refractivity contribution < 1.29 is 0 Å². The minimum atomic E-state index is 0.618. The molecule has 0 aliphatic heterocycles. The maximum atomic E-state index is 9.17. The van der Waals surface area contributed by atoms with Gasteiger partial charge >= 0.3 is 0 Å². The third-order valence-corrected chi connectivity index (χ3v) is 4.31. The zero-order valence-corrected chi connectivity index (χ0v) is 11.7. The van der Waals surface area contributed by atoms with Crippen LogP contribution in [0.4, 0.5) is 0 Å². The Kier molecular flexibility index (Phi) is 3.83. The largest absolute Gasteiger partial charge is 0.192 e. The maximum Gasteiger partial charge on any atom is 0.0991 e. The number of nitrogens with zero attached hydrogens (tertiary/aromatic N) is 1. The van der Waals surface area contributed by atoms with Crippen molar-refractivity contribution in [2.45, 2.75) is 38.0 Å². The molecule has 0 bridgehead atoms. The molecule has 0 unspecified atom stereocenters. The van der Waals surface area contributed by atoms with E-state index in [9.17, 15) is 5.26 Å². The molecule has 3 rings (SSSR count). The van der Waals surface area contributed by atoms with E-state index in [1.807, 2.05) is 12.1 Å². The first-order valence-electron chi connectivity index (χ1n) is 7.48. The molecule has 1 fully saturated rings. The van der Waals surface area contributed by atoms with Crippen molar-refractivity contribution in [1.82, 2.24) is 0 Å². The highest BCUT2D eigenvalue weighted by Crippen LogP contribution is 2.38. The van der Waals surface area contributed by atoms with Gasteiger partial charge in [0.2, 0.25) is 0 Å². The van der Waals surface area contributed by atoms with Crippen LogP contribution in [-0.2, 0) is 0 Å². The zero-order chi connectivity index (χ0) is 13.8. The lowest BCUT2D eigenvalue weighted by Crippen LogP contribution is -2.06. The van der Waals surface area contributed by atoms with Gasteiger partial charge in [-0.1, -0.05) is 55.7 Å². The molecule has 1 nitrogen and oxygen atoms in total. The molecule has 1 saturated carbocycles. The summed E-state index contributed by atoms with van der Waals surface area (Å²) in [6, 6.07) is 19.0. The summed E-state index contributed by atoms with van der Waals surface area (Å²) in [5.74, 6) is 0.618. The molecule has 1 heteroatoms. The van der Waals surface area contributed by atoms with E-state index in [-0.39, 0.29) is 0 Å². The van der Waals surface area contributed by atoms with Gasteiger partial charge in [0, 0.05) is 0 Å². The Hall–Kier alpha value is -2.07. The average Bonchev–Trinajstić information content (AvgIpc) is 2.56. The van der Waals surface area contributed by atoms with Crippen LogP contribution in [0.15, 0.2) is 48.5 Å². The summed E-state index contributed by atoms with van der Waals surface area (Å²) in [5.41, 5.74) is 4.72. The fourth-order valence-corrected chi connectivity index (χ4v) is 3.26. The molecule has 0 amide bonds. The molecule has 0 atom stereocenters. The number of rotatable bonds is 2. The number of hydrogen-bond donors (Lipinski definition) is 0. The summed E-state index contributed by atoms with van der Waals surface area (Å²) in [5, 5.41) is 9.17. The van der Waals surface area contributed by atoms with Crippen molar-refractivity contribution >= 4 is 0 Å². The molecule has 0 N–H and O–H groups in total. The van der Waals surface area contributed by atoms with E-state index in [0.717, 1.165) is 5.56 Å². The van der Waals surface area contributed by atoms with Crippen LogP contribution in [0.1, 0.15) is 49.1 Å². The molecule has 0 heterocycles. The molecule has 20 heavy (non-hydrogen) atoms. The topological polar surface area (TPSA) is 23.8 Å². The van der Waals surface area contributed by atoms with Gasteiger partial charge in [0.1, 0.15) is 0 Å². The van der Waals surface area contributed by atoms with Crippen molar-refractivity contribution in [3.05, 3.63) is 59.7 Å². The van der Waals surface area contributed by atoms with Gasteiger partial charge in [-0.05, 0) is 47.6 Å². The fraction of sp³-hybridized carbons (Fsp3) is 0.316. The van der Waals surface area contributed by atoms with Crippen LogP contribution in [0.5, 0.6) is 0 Å². The molecule has 100 valence electrons. The average molecular weight is 261 g/mol. The van der Waals surface area contributed by atoms with Gasteiger partial charge in [-0.3, -0.25) is 0 Å². The van der Waals surface area contributed by atoms with E-state index in [1.165, 1.54) is 48.8 Å². The van der Waals surface area contributed by atoms with Gasteiger partial charge in [-0.2, -0.15) is 5.26 Å². The summed E-state index contributed by atoms with van der Waals surface area (Å²) < 4.78 is 0.